The van der Waals surface area contributed by atoms with Gasteiger partial charge in [-0.25, -0.2) is 0 Å². The van der Waals surface area contributed by atoms with E-state index in [1.54, 1.807) is 12.4 Å². The van der Waals surface area contributed by atoms with Crippen molar-refractivity contribution in [2.75, 3.05) is 5.32 Å². The van der Waals surface area contributed by atoms with Gasteiger partial charge < -0.3 is 10.6 Å². The molecule has 2 atom stereocenters. The average molecular weight is 267 g/mol. The lowest BCUT2D eigenvalue weighted by molar-refractivity contribution is -0.122. The fourth-order valence-corrected chi connectivity index (χ4v) is 2.51. The zero-order chi connectivity index (χ0) is 13.9. The summed E-state index contributed by atoms with van der Waals surface area (Å²) in [6.07, 6.45) is 4.22. The first-order chi connectivity index (χ1) is 9.74. The molecule has 0 saturated heterocycles. The zero-order valence-electron chi connectivity index (χ0n) is 11.3. The highest BCUT2D eigenvalue weighted by molar-refractivity contribution is 5.87. The van der Waals surface area contributed by atoms with Crippen LogP contribution in [0.25, 0.3) is 0 Å². The molecule has 2 unspecified atom stereocenters. The number of nitrogens with zero attached hydrogens (tertiary/aromatic N) is 1. The second kappa shape index (κ2) is 5.33. The molecule has 1 aliphatic rings. The van der Waals surface area contributed by atoms with E-state index in [0.717, 1.165) is 17.7 Å². The summed E-state index contributed by atoms with van der Waals surface area (Å²) < 4.78 is 0. The van der Waals surface area contributed by atoms with Gasteiger partial charge in [-0.1, -0.05) is 18.2 Å². The second-order valence-corrected chi connectivity index (χ2v) is 5.07. The van der Waals surface area contributed by atoms with Crippen LogP contribution in [-0.4, -0.2) is 16.9 Å². The zero-order valence-corrected chi connectivity index (χ0v) is 11.3. The van der Waals surface area contributed by atoms with Crippen LogP contribution in [0.4, 0.5) is 5.69 Å². The van der Waals surface area contributed by atoms with Gasteiger partial charge in [0, 0.05) is 24.5 Å². The van der Waals surface area contributed by atoms with Crippen molar-refractivity contribution in [3.8, 4) is 0 Å². The standard InChI is InChI=1S/C16H17N3O/c1-11(12-6-8-17-9-7-12)18-16(20)15-10-13-4-2-3-5-14(13)19-15/h2-9,11,15,19H,10H2,1H3,(H,18,20). The number of amides is 1. The molecule has 0 bridgehead atoms. The Kier molecular flexibility index (Phi) is 3.37. The fourth-order valence-electron chi connectivity index (χ4n) is 2.51. The molecule has 2 heterocycles. The van der Waals surface area contributed by atoms with Gasteiger partial charge in [0.2, 0.25) is 5.91 Å². The van der Waals surface area contributed by atoms with Gasteiger partial charge in [-0.2, -0.15) is 0 Å². The van der Waals surface area contributed by atoms with Gasteiger partial charge in [0.15, 0.2) is 0 Å². The van der Waals surface area contributed by atoms with Crippen LogP contribution in [0.15, 0.2) is 48.8 Å². The molecule has 1 aliphatic heterocycles. The third-order valence-electron chi connectivity index (χ3n) is 3.65. The Morgan fingerprint density at radius 3 is 2.80 bits per heavy atom. The van der Waals surface area contributed by atoms with Crippen LogP contribution in [0.1, 0.15) is 24.1 Å². The van der Waals surface area contributed by atoms with Crippen LogP contribution in [0.3, 0.4) is 0 Å². The van der Waals surface area contributed by atoms with E-state index in [4.69, 9.17) is 0 Å². The maximum Gasteiger partial charge on any atom is 0.243 e. The minimum absolute atomic E-state index is 0.0176. The molecule has 2 aromatic rings. The van der Waals surface area contributed by atoms with E-state index in [1.807, 2.05) is 37.3 Å². The number of pyridine rings is 1. The largest absolute Gasteiger partial charge is 0.373 e. The first-order valence-electron chi connectivity index (χ1n) is 6.79. The summed E-state index contributed by atoms with van der Waals surface area (Å²) in [7, 11) is 0. The number of hydrogen-bond acceptors (Lipinski definition) is 3. The molecular formula is C16H17N3O. The van der Waals surface area contributed by atoms with Crippen LogP contribution >= 0.6 is 0 Å². The Labute approximate surface area is 118 Å². The third-order valence-corrected chi connectivity index (χ3v) is 3.65. The van der Waals surface area contributed by atoms with Gasteiger partial charge in [-0.15, -0.1) is 0 Å². The Morgan fingerprint density at radius 2 is 2.05 bits per heavy atom. The predicted octanol–water partition coefficient (Wildman–Crippen LogP) is 2.30. The van der Waals surface area contributed by atoms with Crippen molar-refractivity contribution in [1.29, 1.82) is 0 Å². The van der Waals surface area contributed by atoms with Crippen molar-refractivity contribution < 1.29 is 4.79 Å². The van der Waals surface area contributed by atoms with E-state index in [-0.39, 0.29) is 18.0 Å². The SMILES string of the molecule is CC(NC(=O)C1Cc2ccccc2N1)c1ccncc1. The molecule has 3 rings (SSSR count). The van der Waals surface area contributed by atoms with Gasteiger partial charge in [0.05, 0.1) is 6.04 Å². The molecule has 4 heteroatoms. The summed E-state index contributed by atoms with van der Waals surface area (Å²) in [6.45, 7) is 1.98. The molecule has 4 nitrogen and oxygen atoms in total. The maximum absolute atomic E-state index is 12.3. The monoisotopic (exact) mass is 267 g/mol. The number of aromatic nitrogens is 1. The number of para-hydroxylation sites is 1. The van der Waals surface area contributed by atoms with Gasteiger partial charge in [0.25, 0.3) is 0 Å². The van der Waals surface area contributed by atoms with E-state index >= 15 is 0 Å². The molecule has 0 spiro atoms. The number of benzene rings is 1. The predicted molar refractivity (Wildman–Crippen MR) is 78.4 cm³/mol. The summed E-state index contributed by atoms with van der Waals surface area (Å²) in [5.74, 6) is 0.0329. The molecule has 102 valence electrons. The lowest BCUT2D eigenvalue weighted by Gasteiger charge is -2.17. The summed E-state index contributed by atoms with van der Waals surface area (Å²) in [4.78, 5) is 16.3. The number of nitrogens with one attached hydrogen (secondary N) is 2. The van der Waals surface area contributed by atoms with Gasteiger partial charge in [0.1, 0.15) is 6.04 Å². The van der Waals surface area contributed by atoms with Gasteiger partial charge >= 0.3 is 0 Å². The molecule has 0 saturated carbocycles. The summed E-state index contributed by atoms with van der Waals surface area (Å²) >= 11 is 0. The smallest absolute Gasteiger partial charge is 0.243 e. The van der Waals surface area contributed by atoms with Crippen LogP contribution in [-0.2, 0) is 11.2 Å². The van der Waals surface area contributed by atoms with E-state index in [2.05, 4.69) is 21.7 Å². The Hall–Kier alpha value is -2.36. The molecule has 0 fully saturated rings. The van der Waals surface area contributed by atoms with Gasteiger partial charge in [-0.3, -0.25) is 9.78 Å². The minimum atomic E-state index is -0.184. The first-order valence-corrected chi connectivity index (χ1v) is 6.79. The van der Waals surface area contributed by atoms with E-state index in [0.29, 0.717) is 0 Å². The summed E-state index contributed by atoms with van der Waals surface area (Å²) in [6, 6.07) is 11.7. The van der Waals surface area contributed by atoms with Crippen LogP contribution in [0, 0.1) is 0 Å². The number of carbonyl (C=O) groups excluding carboxylic acids is 1. The van der Waals surface area contributed by atoms with Gasteiger partial charge in [-0.05, 0) is 36.2 Å². The van der Waals surface area contributed by atoms with Crippen molar-refractivity contribution in [2.45, 2.75) is 25.4 Å². The lowest BCUT2D eigenvalue weighted by Crippen LogP contribution is -2.39. The minimum Gasteiger partial charge on any atom is -0.373 e. The van der Waals surface area contributed by atoms with Crippen molar-refractivity contribution in [3.63, 3.8) is 0 Å². The quantitative estimate of drug-likeness (QED) is 0.897. The van der Waals surface area contributed by atoms with Crippen molar-refractivity contribution in [2.24, 2.45) is 0 Å². The van der Waals surface area contributed by atoms with Crippen LogP contribution < -0.4 is 10.6 Å². The Balaban J connectivity index is 1.64. The number of fused-ring (bicyclic) bond motifs is 1. The number of rotatable bonds is 3. The molecule has 1 aromatic carbocycles. The van der Waals surface area contributed by atoms with Crippen LogP contribution in [0.2, 0.25) is 0 Å². The average Bonchev–Trinajstić information content (AvgIpc) is 2.92. The number of hydrogen-bond donors (Lipinski definition) is 2. The van der Waals surface area contributed by atoms with Crippen molar-refractivity contribution in [3.05, 3.63) is 59.9 Å². The highest BCUT2D eigenvalue weighted by Gasteiger charge is 2.27. The van der Waals surface area contributed by atoms with E-state index in [1.165, 1.54) is 5.56 Å². The molecule has 0 radical (unpaired) electrons. The number of anilines is 1. The van der Waals surface area contributed by atoms with Crippen molar-refractivity contribution in [1.82, 2.24) is 10.3 Å². The lowest BCUT2D eigenvalue weighted by atomic mass is 10.1. The molecular weight excluding hydrogens is 250 g/mol. The summed E-state index contributed by atoms with van der Waals surface area (Å²) in [5.41, 5.74) is 3.32. The summed E-state index contributed by atoms with van der Waals surface area (Å²) in [5, 5.41) is 6.31. The topological polar surface area (TPSA) is 54.0 Å². The maximum atomic E-state index is 12.3. The Morgan fingerprint density at radius 1 is 1.30 bits per heavy atom. The molecule has 2 N–H and O–H groups in total. The first kappa shape index (κ1) is 12.7. The number of carbonyl (C=O) groups is 1. The second-order valence-electron chi connectivity index (χ2n) is 5.07. The fraction of sp³-hybridized carbons (Fsp3) is 0.250. The van der Waals surface area contributed by atoms with E-state index < -0.39 is 0 Å². The third kappa shape index (κ3) is 2.50. The highest BCUT2D eigenvalue weighted by atomic mass is 16.2. The molecule has 1 aromatic heterocycles. The molecule has 1 amide bonds. The highest BCUT2D eigenvalue weighted by Crippen LogP contribution is 2.25. The normalized spacial score (nSPS) is 17.9. The molecule has 20 heavy (non-hydrogen) atoms. The van der Waals surface area contributed by atoms with E-state index in [9.17, 15) is 4.79 Å². The Bertz CT molecular complexity index is 587. The molecule has 0 aliphatic carbocycles. The van der Waals surface area contributed by atoms with Crippen molar-refractivity contribution >= 4 is 11.6 Å². The van der Waals surface area contributed by atoms with Crippen LogP contribution in [0.5, 0.6) is 0 Å².